The fraction of sp³-hybridized carbons (Fsp3) is 0.647. The molecule has 1 unspecified atom stereocenters. The first kappa shape index (κ1) is 13.6. The van der Waals surface area contributed by atoms with Crippen LogP contribution in [0, 0.1) is 0 Å². The van der Waals surface area contributed by atoms with Gasteiger partial charge >= 0.3 is 0 Å². The smallest absolute Gasteiger partial charge is 0.0269 e. The number of fused-ring (bicyclic) bond motifs is 1. The minimum atomic E-state index is 0.134. The highest BCUT2D eigenvalue weighted by atomic mass is 14.6. The molecule has 0 amide bonds. The summed E-state index contributed by atoms with van der Waals surface area (Å²) in [5.74, 6) is 0. The molecule has 0 aliphatic heterocycles. The molecule has 1 atom stereocenters. The van der Waals surface area contributed by atoms with Crippen LogP contribution < -0.4 is 5.73 Å². The molecular weight excluding hydrogens is 218 g/mol. The summed E-state index contributed by atoms with van der Waals surface area (Å²) < 4.78 is 0. The Morgan fingerprint density at radius 2 is 1.83 bits per heavy atom. The Morgan fingerprint density at radius 1 is 1.22 bits per heavy atom. The molecular formula is C17H27N. The Bertz CT molecular complexity index is 461. The molecule has 1 heteroatoms. The van der Waals surface area contributed by atoms with E-state index in [1.54, 1.807) is 0 Å². The van der Waals surface area contributed by atoms with E-state index in [1.807, 2.05) is 0 Å². The van der Waals surface area contributed by atoms with Crippen LogP contribution in [0.25, 0.3) is 0 Å². The minimum absolute atomic E-state index is 0.134. The van der Waals surface area contributed by atoms with Crippen molar-refractivity contribution in [2.45, 2.75) is 71.3 Å². The van der Waals surface area contributed by atoms with Crippen molar-refractivity contribution >= 4 is 0 Å². The minimum Gasteiger partial charge on any atom is -0.324 e. The van der Waals surface area contributed by atoms with Crippen molar-refractivity contribution in [2.24, 2.45) is 5.73 Å². The SMILES string of the molecule is CC(N)c1cc(C(C)(C)C)cc2c1CCC2(C)C. The van der Waals surface area contributed by atoms with Crippen molar-refractivity contribution < 1.29 is 0 Å². The normalized spacial score (nSPS) is 19.7. The summed E-state index contributed by atoms with van der Waals surface area (Å²) in [5.41, 5.74) is 12.5. The lowest BCUT2D eigenvalue weighted by molar-refractivity contribution is 0.519. The van der Waals surface area contributed by atoms with Gasteiger partial charge in [0.15, 0.2) is 0 Å². The van der Waals surface area contributed by atoms with Crippen molar-refractivity contribution in [1.82, 2.24) is 0 Å². The van der Waals surface area contributed by atoms with E-state index < -0.39 is 0 Å². The van der Waals surface area contributed by atoms with Crippen LogP contribution in [-0.2, 0) is 17.3 Å². The van der Waals surface area contributed by atoms with Gasteiger partial charge in [0.1, 0.15) is 0 Å². The van der Waals surface area contributed by atoms with Gasteiger partial charge in [-0.15, -0.1) is 0 Å². The highest BCUT2D eigenvalue weighted by Gasteiger charge is 2.33. The van der Waals surface area contributed by atoms with E-state index in [0.717, 1.165) is 0 Å². The Hall–Kier alpha value is -0.820. The molecule has 1 aromatic carbocycles. The maximum atomic E-state index is 6.19. The van der Waals surface area contributed by atoms with Gasteiger partial charge in [0.2, 0.25) is 0 Å². The zero-order valence-electron chi connectivity index (χ0n) is 12.7. The third-order valence-electron chi connectivity index (χ3n) is 4.37. The summed E-state index contributed by atoms with van der Waals surface area (Å²) in [5, 5.41) is 0. The second kappa shape index (κ2) is 4.09. The Balaban J connectivity index is 2.67. The predicted molar refractivity (Wildman–Crippen MR) is 79.1 cm³/mol. The van der Waals surface area contributed by atoms with Crippen LogP contribution in [0.15, 0.2) is 12.1 Å². The molecule has 2 N–H and O–H groups in total. The van der Waals surface area contributed by atoms with Crippen LogP contribution in [0.3, 0.4) is 0 Å². The van der Waals surface area contributed by atoms with Crippen molar-refractivity contribution in [3.05, 3.63) is 34.4 Å². The van der Waals surface area contributed by atoms with Gasteiger partial charge < -0.3 is 5.73 Å². The van der Waals surface area contributed by atoms with Crippen LogP contribution in [0.4, 0.5) is 0 Å². The number of nitrogens with two attached hydrogens (primary N) is 1. The van der Waals surface area contributed by atoms with Gasteiger partial charge in [-0.05, 0) is 52.8 Å². The summed E-state index contributed by atoms with van der Waals surface area (Å²) in [4.78, 5) is 0. The first-order valence-corrected chi connectivity index (χ1v) is 7.06. The lowest BCUT2D eigenvalue weighted by Crippen LogP contribution is -2.18. The monoisotopic (exact) mass is 245 g/mol. The first-order valence-electron chi connectivity index (χ1n) is 7.06. The molecule has 1 aliphatic carbocycles. The van der Waals surface area contributed by atoms with Gasteiger partial charge in [-0.3, -0.25) is 0 Å². The molecule has 1 nitrogen and oxygen atoms in total. The largest absolute Gasteiger partial charge is 0.324 e. The van der Waals surface area contributed by atoms with E-state index in [2.05, 4.69) is 53.7 Å². The first-order chi connectivity index (χ1) is 8.13. The van der Waals surface area contributed by atoms with Crippen LogP contribution in [0.5, 0.6) is 0 Å². The zero-order chi connectivity index (χ0) is 13.7. The third-order valence-corrected chi connectivity index (χ3v) is 4.37. The summed E-state index contributed by atoms with van der Waals surface area (Å²) in [6, 6.07) is 4.90. The van der Waals surface area contributed by atoms with Gasteiger partial charge in [-0.25, -0.2) is 0 Å². The molecule has 18 heavy (non-hydrogen) atoms. The number of benzene rings is 1. The number of hydrogen-bond acceptors (Lipinski definition) is 1. The molecule has 0 fully saturated rings. The Morgan fingerprint density at radius 3 is 2.33 bits per heavy atom. The van der Waals surface area contributed by atoms with Gasteiger partial charge in [0, 0.05) is 6.04 Å². The Kier molecular flexibility index (Phi) is 3.09. The second-order valence-corrected chi connectivity index (χ2v) is 7.51. The zero-order valence-corrected chi connectivity index (χ0v) is 12.7. The van der Waals surface area contributed by atoms with Crippen molar-refractivity contribution in [3.63, 3.8) is 0 Å². The molecule has 100 valence electrons. The summed E-state index contributed by atoms with van der Waals surface area (Å²) >= 11 is 0. The van der Waals surface area contributed by atoms with E-state index in [-0.39, 0.29) is 11.5 Å². The molecule has 0 heterocycles. The molecule has 0 radical (unpaired) electrons. The van der Waals surface area contributed by atoms with E-state index in [9.17, 15) is 0 Å². The molecule has 0 saturated carbocycles. The van der Waals surface area contributed by atoms with Crippen molar-refractivity contribution in [1.29, 1.82) is 0 Å². The van der Waals surface area contributed by atoms with Crippen LogP contribution in [0.1, 0.15) is 76.3 Å². The van der Waals surface area contributed by atoms with E-state index in [4.69, 9.17) is 5.73 Å². The summed E-state index contributed by atoms with van der Waals surface area (Å²) in [6.07, 6.45) is 2.43. The maximum absolute atomic E-state index is 6.19. The van der Waals surface area contributed by atoms with E-state index in [0.29, 0.717) is 5.41 Å². The van der Waals surface area contributed by atoms with Gasteiger partial charge in [0.25, 0.3) is 0 Å². The fourth-order valence-corrected chi connectivity index (χ4v) is 2.99. The highest BCUT2D eigenvalue weighted by molar-refractivity contribution is 5.49. The summed E-state index contributed by atoms with van der Waals surface area (Å²) in [7, 11) is 0. The van der Waals surface area contributed by atoms with Crippen LogP contribution >= 0.6 is 0 Å². The second-order valence-electron chi connectivity index (χ2n) is 7.51. The lowest BCUT2D eigenvalue weighted by atomic mass is 9.79. The molecule has 2 rings (SSSR count). The Labute approximate surface area is 112 Å². The number of hydrogen-bond donors (Lipinski definition) is 1. The third kappa shape index (κ3) is 2.21. The van der Waals surface area contributed by atoms with Crippen molar-refractivity contribution in [3.8, 4) is 0 Å². The molecule has 0 spiro atoms. The molecule has 0 saturated heterocycles. The van der Waals surface area contributed by atoms with Crippen LogP contribution in [-0.4, -0.2) is 0 Å². The fourth-order valence-electron chi connectivity index (χ4n) is 2.99. The molecule has 0 bridgehead atoms. The average Bonchev–Trinajstić information content (AvgIpc) is 2.52. The van der Waals surface area contributed by atoms with Crippen molar-refractivity contribution in [2.75, 3.05) is 0 Å². The standard InChI is InChI=1S/C17H27N/c1-11(18)14-9-12(16(2,3)4)10-15-13(14)7-8-17(15,5)6/h9-11H,7-8,18H2,1-6H3. The topological polar surface area (TPSA) is 26.0 Å². The van der Waals surface area contributed by atoms with E-state index in [1.165, 1.54) is 35.1 Å². The summed E-state index contributed by atoms with van der Waals surface area (Å²) in [6.45, 7) is 13.7. The van der Waals surface area contributed by atoms with Gasteiger partial charge in [-0.2, -0.15) is 0 Å². The van der Waals surface area contributed by atoms with E-state index >= 15 is 0 Å². The number of rotatable bonds is 1. The molecule has 1 aliphatic rings. The highest BCUT2D eigenvalue weighted by Crippen LogP contribution is 2.43. The predicted octanol–water partition coefficient (Wildman–Crippen LogP) is 4.23. The van der Waals surface area contributed by atoms with Gasteiger partial charge in [0.05, 0.1) is 0 Å². The van der Waals surface area contributed by atoms with Gasteiger partial charge in [-0.1, -0.05) is 46.8 Å². The quantitative estimate of drug-likeness (QED) is 0.787. The van der Waals surface area contributed by atoms with Crippen LogP contribution in [0.2, 0.25) is 0 Å². The molecule has 0 aromatic heterocycles. The average molecular weight is 245 g/mol. The molecule has 1 aromatic rings. The maximum Gasteiger partial charge on any atom is 0.0269 e. The lowest BCUT2D eigenvalue weighted by Gasteiger charge is -2.26.